The van der Waals surface area contributed by atoms with Gasteiger partial charge in [0.1, 0.15) is 5.82 Å². The van der Waals surface area contributed by atoms with Gasteiger partial charge in [-0.25, -0.2) is 18.9 Å². The lowest BCUT2D eigenvalue weighted by molar-refractivity contribution is -0.137. The molecule has 2 heterocycles. The highest BCUT2D eigenvalue weighted by molar-refractivity contribution is 6.31. The summed E-state index contributed by atoms with van der Waals surface area (Å²) in [5, 5.41) is 8.61. The van der Waals surface area contributed by atoms with Gasteiger partial charge in [-0.2, -0.15) is 10.1 Å². The van der Waals surface area contributed by atoms with E-state index in [1.54, 1.807) is 36.1 Å². The Kier molecular flexibility index (Phi) is 6.91. The second-order valence-corrected chi connectivity index (χ2v) is 8.42. The van der Waals surface area contributed by atoms with Gasteiger partial charge in [-0.05, 0) is 54.5 Å². The number of benzene rings is 3. The Bertz CT molecular complexity index is 1630. The number of hydrogen-bond acceptors (Lipinski definition) is 6. The summed E-state index contributed by atoms with van der Waals surface area (Å²) in [7, 11) is 0. The van der Waals surface area contributed by atoms with Gasteiger partial charge in [-0.15, -0.1) is 0 Å². The van der Waals surface area contributed by atoms with Crippen molar-refractivity contribution in [1.82, 2.24) is 19.7 Å². The van der Waals surface area contributed by atoms with E-state index < -0.39 is 11.8 Å². The number of nitrogens with zero attached hydrogens (tertiary/aromatic N) is 4. The third-order valence-electron chi connectivity index (χ3n) is 5.52. The zero-order valence-electron chi connectivity index (χ0n) is 19.7. The van der Waals surface area contributed by atoms with Gasteiger partial charge >= 0.3 is 5.97 Å². The number of anilines is 2. The Morgan fingerprint density at radius 3 is 2.81 bits per heavy atom. The number of fused-ring (bicyclic) bond motifs is 1. The van der Waals surface area contributed by atoms with Crippen molar-refractivity contribution in [2.75, 3.05) is 11.9 Å². The average molecular weight is 514 g/mol. The fraction of sp³-hybridized carbons (Fsp3) is 0.0714. The van der Waals surface area contributed by atoms with E-state index in [2.05, 4.69) is 15.4 Å². The molecule has 5 rings (SSSR count). The Morgan fingerprint density at radius 2 is 1.97 bits per heavy atom. The Hall–Kier alpha value is -4.56. The molecular weight excluding hydrogens is 493 g/mol. The number of hydrogen-bond donors (Lipinski definition) is 1. The quantitative estimate of drug-likeness (QED) is 0.195. The maximum absolute atomic E-state index is 13.6. The minimum absolute atomic E-state index is 0.00685. The first-order chi connectivity index (χ1) is 18.0. The van der Waals surface area contributed by atoms with E-state index in [0.717, 1.165) is 27.6 Å². The van der Waals surface area contributed by atoms with Gasteiger partial charge in [-0.1, -0.05) is 48.0 Å². The minimum atomic E-state index is -0.510. The number of esters is 1. The predicted octanol–water partition coefficient (Wildman–Crippen LogP) is 6.59. The standard InChI is InChI=1S/C28H21ClFN5O2/c1-2-37-26(36)13-10-18-6-5-8-19(14-18)22-17-31-28(33-21-11-12-24(30)23(29)15-21)34-27(22)35-25-9-4-3-7-20(25)16-32-35/h3-17H,2H2,1H3,(H,31,33,34)/b13-10+. The van der Waals surface area contributed by atoms with Gasteiger partial charge in [0.2, 0.25) is 5.95 Å². The van der Waals surface area contributed by atoms with E-state index in [4.69, 9.17) is 21.3 Å². The first-order valence-corrected chi connectivity index (χ1v) is 11.9. The number of nitrogens with one attached hydrogen (secondary N) is 1. The summed E-state index contributed by atoms with van der Waals surface area (Å²) < 4.78 is 20.3. The summed E-state index contributed by atoms with van der Waals surface area (Å²) in [6.07, 6.45) is 6.55. The zero-order valence-corrected chi connectivity index (χ0v) is 20.5. The average Bonchev–Trinajstić information content (AvgIpc) is 3.34. The number of carbonyl (C=O) groups is 1. The zero-order chi connectivity index (χ0) is 25.8. The van der Waals surface area contributed by atoms with Gasteiger partial charge in [0.15, 0.2) is 5.82 Å². The summed E-state index contributed by atoms with van der Waals surface area (Å²) in [4.78, 5) is 21.0. The van der Waals surface area contributed by atoms with Crippen molar-refractivity contribution >= 4 is 46.2 Å². The summed E-state index contributed by atoms with van der Waals surface area (Å²) in [6, 6.07) is 19.7. The molecular formula is C28H21ClFN5O2. The maximum Gasteiger partial charge on any atom is 0.330 e. The molecule has 7 nitrogen and oxygen atoms in total. The molecule has 184 valence electrons. The molecule has 3 aromatic carbocycles. The number of rotatable bonds is 7. The third kappa shape index (κ3) is 5.34. The first kappa shape index (κ1) is 24.1. The molecule has 0 unspecified atom stereocenters. The molecule has 0 spiro atoms. The normalized spacial score (nSPS) is 11.2. The van der Waals surface area contributed by atoms with Crippen molar-refractivity contribution in [1.29, 1.82) is 0 Å². The van der Waals surface area contributed by atoms with Crippen LogP contribution < -0.4 is 5.32 Å². The monoisotopic (exact) mass is 513 g/mol. The summed E-state index contributed by atoms with van der Waals surface area (Å²) in [6.45, 7) is 2.07. The van der Waals surface area contributed by atoms with Crippen LogP contribution in [0.1, 0.15) is 12.5 Å². The molecule has 0 aliphatic rings. The lowest BCUT2D eigenvalue weighted by Gasteiger charge is -2.13. The van der Waals surface area contributed by atoms with Gasteiger partial charge in [0, 0.05) is 28.9 Å². The topological polar surface area (TPSA) is 81.9 Å². The van der Waals surface area contributed by atoms with E-state index in [1.165, 1.54) is 18.2 Å². The predicted molar refractivity (Wildman–Crippen MR) is 142 cm³/mol. The molecule has 0 atom stereocenters. The molecule has 0 fully saturated rings. The number of aromatic nitrogens is 4. The van der Waals surface area contributed by atoms with Crippen LogP contribution >= 0.6 is 11.6 Å². The molecule has 0 bridgehead atoms. The van der Waals surface area contributed by atoms with E-state index in [1.807, 2.05) is 48.5 Å². The molecule has 37 heavy (non-hydrogen) atoms. The largest absolute Gasteiger partial charge is 0.463 e. The van der Waals surface area contributed by atoms with Crippen LogP contribution in [-0.2, 0) is 9.53 Å². The second-order valence-electron chi connectivity index (χ2n) is 8.01. The van der Waals surface area contributed by atoms with Gasteiger partial charge in [0.25, 0.3) is 0 Å². The van der Waals surface area contributed by atoms with Crippen molar-refractivity contribution in [2.24, 2.45) is 0 Å². The molecule has 5 aromatic rings. The van der Waals surface area contributed by atoms with Crippen molar-refractivity contribution in [2.45, 2.75) is 6.92 Å². The Morgan fingerprint density at radius 1 is 1.11 bits per heavy atom. The van der Waals surface area contributed by atoms with Crippen LogP contribution in [0.5, 0.6) is 0 Å². The van der Waals surface area contributed by atoms with Crippen LogP contribution in [0.2, 0.25) is 5.02 Å². The summed E-state index contributed by atoms with van der Waals surface area (Å²) in [5.41, 5.74) is 3.78. The van der Waals surface area contributed by atoms with Crippen molar-refractivity contribution in [3.05, 3.63) is 102 Å². The fourth-order valence-corrected chi connectivity index (χ4v) is 3.99. The molecule has 0 radical (unpaired) electrons. The lowest BCUT2D eigenvalue weighted by Crippen LogP contribution is -2.06. The van der Waals surface area contributed by atoms with Crippen LogP contribution in [0, 0.1) is 5.82 Å². The number of carbonyl (C=O) groups excluding carboxylic acids is 1. The smallest absolute Gasteiger partial charge is 0.330 e. The van der Waals surface area contributed by atoms with Crippen LogP contribution in [0.25, 0.3) is 33.9 Å². The molecule has 2 aromatic heterocycles. The van der Waals surface area contributed by atoms with E-state index in [9.17, 15) is 9.18 Å². The third-order valence-corrected chi connectivity index (χ3v) is 5.81. The molecule has 9 heteroatoms. The molecule has 0 aliphatic heterocycles. The number of halogens is 2. The van der Waals surface area contributed by atoms with Crippen LogP contribution in [0.4, 0.5) is 16.0 Å². The van der Waals surface area contributed by atoms with Crippen molar-refractivity contribution in [3.8, 4) is 16.9 Å². The van der Waals surface area contributed by atoms with Gasteiger partial charge < -0.3 is 10.1 Å². The van der Waals surface area contributed by atoms with Crippen molar-refractivity contribution in [3.63, 3.8) is 0 Å². The minimum Gasteiger partial charge on any atom is -0.463 e. The first-order valence-electron chi connectivity index (χ1n) is 11.5. The summed E-state index contributed by atoms with van der Waals surface area (Å²) >= 11 is 5.94. The van der Waals surface area contributed by atoms with Gasteiger partial charge in [-0.3, -0.25) is 0 Å². The van der Waals surface area contributed by atoms with Crippen LogP contribution in [0.3, 0.4) is 0 Å². The number of para-hydroxylation sites is 1. The Labute approximate surface area is 217 Å². The SMILES string of the molecule is CCOC(=O)/C=C/c1cccc(-c2cnc(Nc3ccc(F)c(Cl)c3)nc2-n2ncc3ccccc32)c1. The molecule has 0 aliphatic carbocycles. The Balaban J connectivity index is 1.59. The lowest BCUT2D eigenvalue weighted by atomic mass is 10.0. The fourth-order valence-electron chi connectivity index (χ4n) is 3.81. The second kappa shape index (κ2) is 10.6. The molecule has 1 N–H and O–H groups in total. The maximum atomic E-state index is 13.6. The highest BCUT2D eigenvalue weighted by Gasteiger charge is 2.15. The number of ether oxygens (including phenoxy) is 1. The molecule has 0 amide bonds. The van der Waals surface area contributed by atoms with E-state index in [-0.39, 0.29) is 5.02 Å². The highest BCUT2D eigenvalue weighted by Crippen LogP contribution is 2.30. The van der Waals surface area contributed by atoms with Crippen LogP contribution in [0.15, 0.2) is 85.2 Å². The highest BCUT2D eigenvalue weighted by atomic mass is 35.5. The van der Waals surface area contributed by atoms with E-state index >= 15 is 0 Å². The van der Waals surface area contributed by atoms with E-state index in [0.29, 0.717) is 24.1 Å². The molecule has 0 saturated heterocycles. The summed E-state index contributed by atoms with van der Waals surface area (Å²) in [5.74, 6) is -0.0851. The van der Waals surface area contributed by atoms with Crippen LogP contribution in [-0.4, -0.2) is 32.3 Å². The van der Waals surface area contributed by atoms with Gasteiger partial charge in [0.05, 0.1) is 23.3 Å². The van der Waals surface area contributed by atoms with Crippen molar-refractivity contribution < 1.29 is 13.9 Å². The molecule has 0 saturated carbocycles.